The molecule has 0 saturated heterocycles. The van der Waals surface area contributed by atoms with Gasteiger partial charge in [-0.25, -0.2) is 0 Å². The lowest BCUT2D eigenvalue weighted by Gasteiger charge is -2.09. The average Bonchev–Trinajstić information content (AvgIpc) is 2.51. The van der Waals surface area contributed by atoms with Crippen LogP contribution in [0.4, 0.5) is 0 Å². The highest BCUT2D eigenvalue weighted by Crippen LogP contribution is 2.16. The normalized spacial score (nSPS) is 10.3. The molecule has 0 atom stereocenters. The van der Waals surface area contributed by atoms with Crippen molar-refractivity contribution in [2.75, 3.05) is 13.2 Å². The molecule has 4 heteroatoms. The lowest BCUT2D eigenvalue weighted by Crippen LogP contribution is -2.27. The first kappa shape index (κ1) is 16.0. The summed E-state index contributed by atoms with van der Waals surface area (Å²) in [5.74, 6) is 0.638. The van der Waals surface area contributed by atoms with Crippen molar-refractivity contribution in [3.63, 3.8) is 0 Å². The number of carbonyl (C=O) groups is 1. The van der Waals surface area contributed by atoms with Gasteiger partial charge in [0.05, 0.1) is 13.0 Å². The van der Waals surface area contributed by atoms with Gasteiger partial charge in [-0.05, 0) is 30.2 Å². The minimum atomic E-state index is -0.107. The standard InChI is InChI=1S/C18H21NO3/c1-14-4-2-6-16(10-14)13-22-17-7-3-5-15(11-17)12-18(21)19-8-9-20/h2-7,10-11,20H,8-9,12-13H2,1H3,(H,19,21). The van der Waals surface area contributed by atoms with Crippen molar-refractivity contribution in [1.29, 1.82) is 0 Å². The molecule has 116 valence electrons. The van der Waals surface area contributed by atoms with Gasteiger partial charge in [0.2, 0.25) is 5.91 Å². The highest BCUT2D eigenvalue weighted by molar-refractivity contribution is 5.78. The van der Waals surface area contributed by atoms with E-state index in [1.165, 1.54) is 5.56 Å². The molecule has 2 rings (SSSR count). The molecule has 0 radical (unpaired) electrons. The van der Waals surface area contributed by atoms with E-state index in [-0.39, 0.29) is 25.5 Å². The Hall–Kier alpha value is -2.33. The third-order valence-electron chi connectivity index (χ3n) is 3.19. The molecule has 0 unspecified atom stereocenters. The maximum Gasteiger partial charge on any atom is 0.224 e. The van der Waals surface area contributed by atoms with E-state index in [4.69, 9.17) is 9.84 Å². The van der Waals surface area contributed by atoms with Gasteiger partial charge >= 0.3 is 0 Å². The van der Waals surface area contributed by atoms with Crippen LogP contribution in [-0.2, 0) is 17.8 Å². The van der Waals surface area contributed by atoms with Gasteiger partial charge in [0.1, 0.15) is 12.4 Å². The SMILES string of the molecule is Cc1cccc(COc2cccc(CC(=O)NCCO)c2)c1. The van der Waals surface area contributed by atoms with Crippen LogP contribution in [0.25, 0.3) is 0 Å². The number of nitrogens with one attached hydrogen (secondary N) is 1. The molecule has 1 amide bonds. The molecule has 0 aromatic heterocycles. The Morgan fingerprint density at radius 2 is 1.91 bits per heavy atom. The highest BCUT2D eigenvalue weighted by Gasteiger charge is 2.04. The van der Waals surface area contributed by atoms with Gasteiger partial charge in [-0.2, -0.15) is 0 Å². The minimum absolute atomic E-state index is 0.0502. The van der Waals surface area contributed by atoms with Gasteiger partial charge in [-0.3, -0.25) is 4.79 Å². The van der Waals surface area contributed by atoms with Gasteiger partial charge in [-0.15, -0.1) is 0 Å². The smallest absolute Gasteiger partial charge is 0.224 e. The number of ether oxygens (including phenoxy) is 1. The van der Waals surface area contributed by atoms with E-state index in [2.05, 4.69) is 24.4 Å². The zero-order chi connectivity index (χ0) is 15.8. The highest BCUT2D eigenvalue weighted by atomic mass is 16.5. The van der Waals surface area contributed by atoms with E-state index >= 15 is 0 Å². The third kappa shape index (κ3) is 5.22. The van der Waals surface area contributed by atoms with Crippen LogP contribution in [0.1, 0.15) is 16.7 Å². The maximum atomic E-state index is 11.6. The fourth-order valence-electron chi connectivity index (χ4n) is 2.16. The van der Waals surface area contributed by atoms with Crippen LogP contribution < -0.4 is 10.1 Å². The quantitative estimate of drug-likeness (QED) is 0.824. The lowest BCUT2D eigenvalue weighted by molar-refractivity contribution is -0.120. The molecule has 4 nitrogen and oxygen atoms in total. The number of hydrogen-bond donors (Lipinski definition) is 2. The second-order valence-corrected chi connectivity index (χ2v) is 5.18. The average molecular weight is 299 g/mol. The molecule has 0 aliphatic heterocycles. The molecule has 2 N–H and O–H groups in total. The largest absolute Gasteiger partial charge is 0.489 e. The Kier molecular flexibility index (Phi) is 5.98. The second kappa shape index (κ2) is 8.20. The Balaban J connectivity index is 1.92. The fraction of sp³-hybridized carbons (Fsp3) is 0.278. The molecular weight excluding hydrogens is 278 g/mol. The van der Waals surface area contributed by atoms with E-state index in [0.29, 0.717) is 6.61 Å². The van der Waals surface area contributed by atoms with Crippen LogP contribution in [0.3, 0.4) is 0 Å². The van der Waals surface area contributed by atoms with Crippen molar-refractivity contribution in [3.8, 4) is 5.75 Å². The number of benzene rings is 2. The molecule has 0 bridgehead atoms. The van der Waals surface area contributed by atoms with Crippen LogP contribution in [0.2, 0.25) is 0 Å². The third-order valence-corrected chi connectivity index (χ3v) is 3.19. The predicted octanol–water partition coefficient (Wildman–Crippen LogP) is 2.23. The Morgan fingerprint density at radius 1 is 1.14 bits per heavy atom. The first-order chi connectivity index (χ1) is 10.7. The second-order valence-electron chi connectivity index (χ2n) is 5.18. The van der Waals surface area contributed by atoms with Crippen LogP contribution in [-0.4, -0.2) is 24.2 Å². The molecule has 0 heterocycles. The van der Waals surface area contributed by atoms with Crippen LogP contribution in [0, 0.1) is 6.92 Å². The van der Waals surface area contributed by atoms with Crippen molar-refractivity contribution in [2.24, 2.45) is 0 Å². The number of carbonyl (C=O) groups excluding carboxylic acids is 1. The monoisotopic (exact) mass is 299 g/mol. The van der Waals surface area contributed by atoms with E-state index in [1.807, 2.05) is 36.4 Å². The zero-order valence-electron chi connectivity index (χ0n) is 12.7. The van der Waals surface area contributed by atoms with Crippen molar-refractivity contribution in [2.45, 2.75) is 20.0 Å². The van der Waals surface area contributed by atoms with Crippen molar-refractivity contribution >= 4 is 5.91 Å². The number of hydrogen-bond acceptors (Lipinski definition) is 3. The van der Waals surface area contributed by atoms with Gasteiger partial charge in [0.15, 0.2) is 0 Å². The minimum Gasteiger partial charge on any atom is -0.489 e. The number of amides is 1. The van der Waals surface area contributed by atoms with Crippen molar-refractivity contribution in [3.05, 3.63) is 65.2 Å². The molecule has 0 aliphatic rings. The van der Waals surface area contributed by atoms with Gasteiger partial charge in [-0.1, -0.05) is 42.0 Å². The molecule has 2 aromatic rings. The van der Waals surface area contributed by atoms with Crippen LogP contribution >= 0.6 is 0 Å². The van der Waals surface area contributed by atoms with E-state index in [0.717, 1.165) is 16.9 Å². The Labute approximate surface area is 130 Å². The fourth-order valence-corrected chi connectivity index (χ4v) is 2.16. The summed E-state index contributed by atoms with van der Waals surface area (Å²) in [5.41, 5.74) is 3.21. The summed E-state index contributed by atoms with van der Waals surface area (Å²) in [7, 11) is 0. The van der Waals surface area contributed by atoms with Crippen LogP contribution in [0.15, 0.2) is 48.5 Å². The predicted molar refractivity (Wildman–Crippen MR) is 85.8 cm³/mol. The van der Waals surface area contributed by atoms with Crippen molar-refractivity contribution in [1.82, 2.24) is 5.32 Å². The summed E-state index contributed by atoms with van der Waals surface area (Å²) in [6.07, 6.45) is 0.279. The molecular formula is C18H21NO3. The van der Waals surface area contributed by atoms with Gasteiger partial charge in [0.25, 0.3) is 0 Å². The summed E-state index contributed by atoms with van der Waals surface area (Å²) < 4.78 is 5.78. The van der Waals surface area contributed by atoms with E-state index in [9.17, 15) is 4.79 Å². The van der Waals surface area contributed by atoms with E-state index in [1.54, 1.807) is 0 Å². The number of aliphatic hydroxyl groups is 1. The molecule has 0 fully saturated rings. The molecule has 0 spiro atoms. The first-order valence-electron chi connectivity index (χ1n) is 7.32. The number of rotatable bonds is 7. The van der Waals surface area contributed by atoms with Crippen molar-refractivity contribution < 1.29 is 14.6 Å². The van der Waals surface area contributed by atoms with E-state index < -0.39 is 0 Å². The molecule has 22 heavy (non-hydrogen) atoms. The Morgan fingerprint density at radius 3 is 2.68 bits per heavy atom. The van der Waals surface area contributed by atoms with Gasteiger partial charge < -0.3 is 15.2 Å². The molecule has 0 saturated carbocycles. The molecule has 2 aromatic carbocycles. The number of aliphatic hydroxyl groups excluding tert-OH is 1. The summed E-state index contributed by atoms with van der Waals surface area (Å²) in [5, 5.41) is 11.3. The zero-order valence-corrected chi connectivity index (χ0v) is 12.7. The maximum absolute atomic E-state index is 11.6. The summed E-state index contributed by atoms with van der Waals surface area (Å²) >= 11 is 0. The molecule has 0 aliphatic carbocycles. The summed E-state index contributed by atoms with van der Waals surface area (Å²) in [6.45, 7) is 2.78. The Bertz CT molecular complexity index is 625. The van der Waals surface area contributed by atoms with Crippen LogP contribution in [0.5, 0.6) is 5.75 Å². The first-order valence-corrected chi connectivity index (χ1v) is 7.32. The van der Waals surface area contributed by atoms with Gasteiger partial charge in [0, 0.05) is 6.54 Å². The summed E-state index contributed by atoms with van der Waals surface area (Å²) in [4.78, 5) is 11.6. The summed E-state index contributed by atoms with van der Waals surface area (Å²) in [6, 6.07) is 15.7. The lowest BCUT2D eigenvalue weighted by atomic mass is 10.1. The number of aryl methyl sites for hydroxylation is 1. The topological polar surface area (TPSA) is 58.6 Å².